The number of para-hydroxylation sites is 1. The molecule has 2 N–H and O–H groups in total. The quantitative estimate of drug-likeness (QED) is 0.795. The molecule has 1 aromatic heterocycles. The van der Waals surface area contributed by atoms with Gasteiger partial charge in [0.15, 0.2) is 6.61 Å². The molecule has 0 aliphatic carbocycles. The number of aromatic nitrogens is 1. The Kier molecular flexibility index (Phi) is 5.46. The minimum Gasteiger partial charge on any atom is -0.451 e. The molecule has 2 heterocycles. The largest absolute Gasteiger partial charge is 0.451 e. The van der Waals surface area contributed by atoms with Crippen molar-refractivity contribution in [1.82, 2.24) is 15.2 Å². The normalized spacial score (nSPS) is 17.5. The number of hydrogen-bond donors (Lipinski definition) is 2. The number of amides is 2. The molecule has 1 unspecified atom stereocenters. The first-order valence-corrected chi connectivity index (χ1v) is 8.84. The van der Waals surface area contributed by atoms with Crippen LogP contribution >= 0.6 is 11.6 Å². The van der Waals surface area contributed by atoms with Crippen LogP contribution in [0.25, 0.3) is 10.9 Å². The summed E-state index contributed by atoms with van der Waals surface area (Å²) in [6.45, 7) is 0.139. The number of aryl methyl sites for hydroxylation is 1. The molecule has 1 aliphatic heterocycles. The fourth-order valence-electron chi connectivity index (χ4n) is 3.09. The second-order valence-electron chi connectivity index (χ2n) is 6.22. The van der Waals surface area contributed by atoms with E-state index in [1.54, 1.807) is 11.6 Å². The Hall–Kier alpha value is -2.54. The van der Waals surface area contributed by atoms with Crippen molar-refractivity contribution in [3.8, 4) is 0 Å². The number of carbonyl (C=O) groups is 3. The van der Waals surface area contributed by atoms with Crippen LogP contribution in [0.5, 0.6) is 0 Å². The highest BCUT2D eigenvalue weighted by atomic mass is 35.5. The van der Waals surface area contributed by atoms with Crippen molar-refractivity contribution >= 4 is 40.3 Å². The summed E-state index contributed by atoms with van der Waals surface area (Å²) in [7, 11) is 1.71. The number of ether oxygens (including phenoxy) is 1. The number of esters is 1. The molecular formula is C18H20ClN3O4. The SMILES string of the molecule is Cn1c(C(=O)OCC(=O)NC2CCCCNC2=O)c(Cl)c2ccccc21. The number of hydrogen-bond acceptors (Lipinski definition) is 4. The lowest BCUT2D eigenvalue weighted by Gasteiger charge is -2.15. The lowest BCUT2D eigenvalue weighted by molar-refractivity contribution is -0.130. The minimum absolute atomic E-state index is 0.188. The summed E-state index contributed by atoms with van der Waals surface area (Å²) in [6.07, 6.45) is 2.29. The summed E-state index contributed by atoms with van der Waals surface area (Å²) in [5.74, 6) is -1.41. The van der Waals surface area contributed by atoms with Crippen LogP contribution in [0.4, 0.5) is 0 Å². The van der Waals surface area contributed by atoms with Gasteiger partial charge in [0.1, 0.15) is 11.7 Å². The van der Waals surface area contributed by atoms with E-state index in [9.17, 15) is 14.4 Å². The number of carbonyl (C=O) groups excluding carboxylic acids is 3. The molecule has 1 aliphatic rings. The number of nitrogens with zero attached hydrogens (tertiary/aromatic N) is 1. The Morgan fingerprint density at radius 2 is 2.12 bits per heavy atom. The van der Waals surface area contributed by atoms with E-state index < -0.39 is 24.5 Å². The Bertz CT molecular complexity index is 822. The van der Waals surface area contributed by atoms with Gasteiger partial charge in [-0.3, -0.25) is 9.59 Å². The Labute approximate surface area is 155 Å². The van der Waals surface area contributed by atoms with Crippen LogP contribution in [0, 0.1) is 0 Å². The summed E-state index contributed by atoms with van der Waals surface area (Å²) < 4.78 is 6.74. The molecule has 2 aromatic rings. The van der Waals surface area contributed by atoms with Gasteiger partial charge in [0.25, 0.3) is 5.91 Å². The van der Waals surface area contributed by atoms with E-state index in [2.05, 4.69) is 10.6 Å². The van der Waals surface area contributed by atoms with Crippen LogP contribution in [-0.2, 0) is 21.4 Å². The third-order valence-electron chi connectivity index (χ3n) is 4.44. The summed E-state index contributed by atoms with van der Waals surface area (Å²) in [5.41, 5.74) is 0.983. The van der Waals surface area contributed by atoms with E-state index in [0.717, 1.165) is 23.7 Å². The zero-order chi connectivity index (χ0) is 18.7. The van der Waals surface area contributed by atoms with Crippen molar-refractivity contribution in [1.29, 1.82) is 0 Å². The molecule has 2 amide bonds. The molecule has 0 saturated carbocycles. The number of nitrogens with one attached hydrogen (secondary N) is 2. The first kappa shape index (κ1) is 18.3. The van der Waals surface area contributed by atoms with Crippen LogP contribution in [0.1, 0.15) is 29.8 Å². The fraction of sp³-hybridized carbons (Fsp3) is 0.389. The molecule has 0 bridgehead atoms. The minimum atomic E-state index is -0.686. The van der Waals surface area contributed by atoms with Crippen LogP contribution in [0.2, 0.25) is 5.02 Å². The standard InChI is InChI=1S/C18H20ClN3O4/c1-22-13-8-3-2-6-11(13)15(19)16(22)18(25)26-10-14(23)21-12-7-4-5-9-20-17(12)24/h2-3,6,8,12H,4-5,7,9-10H2,1H3,(H,20,24)(H,21,23). The average molecular weight is 378 g/mol. The summed E-state index contributed by atoms with van der Waals surface area (Å²) in [5, 5.41) is 6.37. The number of rotatable bonds is 4. The van der Waals surface area contributed by atoms with Gasteiger partial charge in [-0.2, -0.15) is 0 Å². The van der Waals surface area contributed by atoms with Gasteiger partial charge in [0.05, 0.1) is 5.02 Å². The second-order valence-corrected chi connectivity index (χ2v) is 6.60. The Morgan fingerprint density at radius 3 is 2.88 bits per heavy atom. The maximum Gasteiger partial charge on any atom is 0.357 e. The molecular weight excluding hydrogens is 358 g/mol. The molecule has 1 fully saturated rings. The molecule has 138 valence electrons. The smallest absolute Gasteiger partial charge is 0.357 e. The van der Waals surface area contributed by atoms with Crippen molar-refractivity contribution in [2.24, 2.45) is 7.05 Å². The van der Waals surface area contributed by atoms with Crippen LogP contribution in [0.3, 0.4) is 0 Å². The van der Waals surface area contributed by atoms with E-state index in [0.29, 0.717) is 13.0 Å². The molecule has 1 saturated heterocycles. The van der Waals surface area contributed by atoms with Crippen molar-refractivity contribution in [2.45, 2.75) is 25.3 Å². The summed E-state index contributed by atoms with van der Waals surface area (Å²) in [4.78, 5) is 36.3. The third-order valence-corrected chi connectivity index (χ3v) is 4.83. The van der Waals surface area contributed by atoms with E-state index in [1.807, 2.05) is 24.3 Å². The zero-order valence-corrected chi connectivity index (χ0v) is 15.1. The van der Waals surface area contributed by atoms with Crippen LogP contribution in [-0.4, -0.2) is 41.5 Å². The molecule has 8 heteroatoms. The predicted molar refractivity (Wildman–Crippen MR) is 97.0 cm³/mol. The van der Waals surface area contributed by atoms with Crippen molar-refractivity contribution < 1.29 is 19.1 Å². The van der Waals surface area contributed by atoms with E-state index >= 15 is 0 Å². The van der Waals surface area contributed by atoms with Crippen LogP contribution < -0.4 is 10.6 Å². The van der Waals surface area contributed by atoms with Gasteiger partial charge in [0, 0.05) is 24.5 Å². The van der Waals surface area contributed by atoms with Crippen molar-refractivity contribution in [3.63, 3.8) is 0 Å². The number of halogens is 1. The Morgan fingerprint density at radius 1 is 1.35 bits per heavy atom. The molecule has 3 rings (SSSR count). The first-order valence-electron chi connectivity index (χ1n) is 8.46. The second kappa shape index (κ2) is 7.78. The van der Waals surface area contributed by atoms with Gasteiger partial charge in [-0.1, -0.05) is 29.8 Å². The fourth-order valence-corrected chi connectivity index (χ4v) is 3.45. The van der Waals surface area contributed by atoms with Crippen LogP contribution in [0.15, 0.2) is 24.3 Å². The zero-order valence-electron chi connectivity index (χ0n) is 14.4. The lowest BCUT2D eigenvalue weighted by atomic mass is 10.1. The third kappa shape index (κ3) is 3.67. The van der Waals surface area contributed by atoms with E-state index in [4.69, 9.17) is 16.3 Å². The average Bonchev–Trinajstić information content (AvgIpc) is 2.75. The summed E-state index contributed by atoms with van der Waals surface area (Å²) in [6, 6.07) is 6.74. The maximum absolute atomic E-state index is 12.4. The van der Waals surface area contributed by atoms with Crippen molar-refractivity contribution in [2.75, 3.05) is 13.2 Å². The number of fused-ring (bicyclic) bond motifs is 1. The first-order chi connectivity index (χ1) is 12.5. The van der Waals surface area contributed by atoms with Gasteiger partial charge in [-0.25, -0.2) is 4.79 Å². The van der Waals surface area contributed by atoms with Gasteiger partial charge in [-0.15, -0.1) is 0 Å². The van der Waals surface area contributed by atoms with Crippen molar-refractivity contribution in [3.05, 3.63) is 35.0 Å². The number of benzene rings is 1. The highest BCUT2D eigenvalue weighted by molar-refractivity contribution is 6.38. The van der Waals surface area contributed by atoms with E-state index in [-0.39, 0.29) is 16.6 Å². The molecule has 0 radical (unpaired) electrons. The molecule has 1 atom stereocenters. The van der Waals surface area contributed by atoms with Gasteiger partial charge in [-0.05, 0) is 25.3 Å². The predicted octanol–water partition coefficient (Wildman–Crippen LogP) is 1.77. The highest BCUT2D eigenvalue weighted by Gasteiger charge is 2.24. The summed E-state index contributed by atoms with van der Waals surface area (Å²) >= 11 is 6.29. The topological polar surface area (TPSA) is 89.4 Å². The maximum atomic E-state index is 12.4. The lowest BCUT2D eigenvalue weighted by Crippen LogP contribution is -2.46. The molecule has 26 heavy (non-hydrogen) atoms. The monoisotopic (exact) mass is 377 g/mol. The van der Waals surface area contributed by atoms with Gasteiger partial charge in [0.2, 0.25) is 5.91 Å². The van der Waals surface area contributed by atoms with Gasteiger partial charge >= 0.3 is 5.97 Å². The highest BCUT2D eigenvalue weighted by Crippen LogP contribution is 2.30. The Balaban J connectivity index is 1.64. The molecule has 7 nitrogen and oxygen atoms in total. The molecule has 0 spiro atoms. The van der Waals surface area contributed by atoms with E-state index in [1.165, 1.54) is 0 Å². The molecule has 1 aromatic carbocycles. The van der Waals surface area contributed by atoms with Gasteiger partial charge < -0.3 is 19.9 Å².